The minimum Gasteiger partial charge on any atom is -0.211 e. The van der Waals surface area contributed by atoms with E-state index in [1.807, 2.05) is 0 Å². The summed E-state index contributed by atoms with van der Waals surface area (Å²) in [4.78, 5) is 12.8. The van der Waals surface area contributed by atoms with Crippen LogP contribution in [-0.2, 0) is 4.79 Å². The van der Waals surface area contributed by atoms with E-state index in [4.69, 9.17) is 0 Å². The monoisotopic (exact) mass is 215 g/mol. The highest BCUT2D eigenvalue weighted by Gasteiger charge is 2.41. The molecule has 1 aromatic carbocycles. The van der Waals surface area contributed by atoms with Crippen molar-refractivity contribution in [3.05, 3.63) is 35.4 Å². The third-order valence-electron chi connectivity index (χ3n) is 1.97. The molecule has 0 bridgehead atoms. The number of benzene rings is 1. The molecule has 1 rings (SSSR count). The number of hydrogen-bond donors (Lipinski definition) is 0. The predicted octanol–water partition coefficient (Wildman–Crippen LogP) is 2.93. The number of hydrogen-bond acceptors (Lipinski definition) is 2. The van der Waals surface area contributed by atoms with Crippen molar-refractivity contribution in [3.8, 4) is 0 Å². The minimum atomic E-state index is -4.57. The van der Waals surface area contributed by atoms with Crippen molar-refractivity contribution in [2.75, 3.05) is 0 Å². The maximum Gasteiger partial charge on any atom is 0.415 e. The lowest BCUT2D eigenvalue weighted by molar-refractivity contribution is -0.148. The predicted molar refractivity (Wildman–Crippen MR) is 48.1 cm³/mol. The van der Waals surface area contributed by atoms with Crippen LogP contribution in [0.15, 0.2) is 29.3 Å². The van der Waals surface area contributed by atoms with Crippen LogP contribution in [-0.4, -0.2) is 12.3 Å². The molecule has 15 heavy (non-hydrogen) atoms. The number of nitrogens with zero attached hydrogens (tertiary/aromatic N) is 1. The van der Waals surface area contributed by atoms with Crippen molar-refractivity contribution >= 4 is 6.08 Å². The summed E-state index contributed by atoms with van der Waals surface area (Å²) in [5.74, 6) is 0. The molecule has 1 aromatic rings. The number of aryl methyl sites for hydroxylation is 1. The van der Waals surface area contributed by atoms with Gasteiger partial charge in [0.1, 0.15) is 0 Å². The lowest BCUT2D eigenvalue weighted by Gasteiger charge is -2.16. The molecule has 0 amide bonds. The molecule has 0 saturated heterocycles. The first-order valence-electron chi connectivity index (χ1n) is 4.16. The quantitative estimate of drug-likeness (QED) is 0.550. The fraction of sp³-hybridized carbons (Fsp3) is 0.300. The number of alkyl halides is 3. The number of rotatable bonds is 2. The molecule has 80 valence electrons. The van der Waals surface area contributed by atoms with E-state index >= 15 is 0 Å². The summed E-state index contributed by atoms with van der Waals surface area (Å²) in [7, 11) is 0. The molecule has 0 radical (unpaired) electrons. The van der Waals surface area contributed by atoms with Crippen LogP contribution in [0.4, 0.5) is 13.2 Å². The number of halogens is 3. The Morgan fingerprint density at radius 1 is 1.33 bits per heavy atom. The zero-order chi connectivity index (χ0) is 11.5. The van der Waals surface area contributed by atoms with Gasteiger partial charge in [-0.2, -0.15) is 18.2 Å². The smallest absolute Gasteiger partial charge is 0.211 e. The van der Waals surface area contributed by atoms with Crippen LogP contribution in [0.1, 0.15) is 17.2 Å². The van der Waals surface area contributed by atoms with Crippen molar-refractivity contribution < 1.29 is 18.0 Å². The second-order valence-corrected chi connectivity index (χ2v) is 3.02. The molecular formula is C10H8F3NO. The Bertz CT molecular complexity index is 394. The normalized spacial score (nSPS) is 13.1. The SMILES string of the molecule is Cc1ccccc1C(N=C=O)C(F)(F)F. The minimum absolute atomic E-state index is 0.0200. The van der Waals surface area contributed by atoms with Gasteiger partial charge in [0, 0.05) is 0 Å². The summed E-state index contributed by atoms with van der Waals surface area (Å²) >= 11 is 0. The Morgan fingerprint density at radius 2 is 1.93 bits per heavy atom. The molecule has 1 atom stereocenters. The Hall–Kier alpha value is -1.61. The van der Waals surface area contributed by atoms with E-state index < -0.39 is 12.2 Å². The van der Waals surface area contributed by atoms with Crippen LogP contribution in [0.2, 0.25) is 0 Å². The summed E-state index contributed by atoms with van der Waals surface area (Å²) in [5.41, 5.74) is 0.423. The van der Waals surface area contributed by atoms with Gasteiger partial charge in [-0.15, -0.1) is 0 Å². The summed E-state index contributed by atoms with van der Waals surface area (Å²) in [6.07, 6.45) is -3.61. The maximum atomic E-state index is 12.5. The average molecular weight is 215 g/mol. The van der Waals surface area contributed by atoms with E-state index in [-0.39, 0.29) is 5.56 Å². The molecule has 0 saturated carbocycles. The molecule has 0 aliphatic heterocycles. The number of isocyanates is 1. The second kappa shape index (κ2) is 4.28. The van der Waals surface area contributed by atoms with Crippen LogP contribution in [0, 0.1) is 6.92 Å². The third kappa shape index (κ3) is 2.67. The van der Waals surface area contributed by atoms with Crippen LogP contribution in [0.3, 0.4) is 0 Å². The fourth-order valence-corrected chi connectivity index (χ4v) is 1.27. The molecule has 0 aliphatic rings. The summed E-state index contributed by atoms with van der Waals surface area (Å²) < 4.78 is 37.5. The molecule has 2 nitrogen and oxygen atoms in total. The van der Waals surface area contributed by atoms with E-state index in [2.05, 4.69) is 4.99 Å². The molecule has 0 fully saturated rings. The highest BCUT2D eigenvalue weighted by molar-refractivity contribution is 5.38. The van der Waals surface area contributed by atoms with Crippen molar-refractivity contribution in [1.29, 1.82) is 0 Å². The topological polar surface area (TPSA) is 29.4 Å². The zero-order valence-corrected chi connectivity index (χ0v) is 7.88. The second-order valence-electron chi connectivity index (χ2n) is 3.02. The highest BCUT2D eigenvalue weighted by atomic mass is 19.4. The Balaban J connectivity index is 3.22. The van der Waals surface area contributed by atoms with Gasteiger partial charge in [0.05, 0.1) is 0 Å². The van der Waals surface area contributed by atoms with Crippen LogP contribution < -0.4 is 0 Å². The molecular weight excluding hydrogens is 207 g/mol. The largest absolute Gasteiger partial charge is 0.415 e. The summed E-state index contributed by atoms with van der Waals surface area (Å²) in [6, 6.07) is 3.82. The standard InChI is InChI=1S/C10H8F3NO/c1-7-4-2-3-5-8(7)9(14-6-15)10(11,12)13/h2-5,9H,1H3. The first-order chi connectivity index (χ1) is 6.96. The van der Waals surface area contributed by atoms with E-state index in [1.165, 1.54) is 25.1 Å². The van der Waals surface area contributed by atoms with Gasteiger partial charge >= 0.3 is 6.18 Å². The molecule has 0 N–H and O–H groups in total. The first-order valence-corrected chi connectivity index (χ1v) is 4.16. The van der Waals surface area contributed by atoms with E-state index in [0.717, 1.165) is 6.08 Å². The lowest BCUT2D eigenvalue weighted by atomic mass is 10.0. The van der Waals surface area contributed by atoms with Crippen LogP contribution in [0.5, 0.6) is 0 Å². The Morgan fingerprint density at radius 3 is 2.40 bits per heavy atom. The first kappa shape index (κ1) is 11.5. The van der Waals surface area contributed by atoms with Gasteiger partial charge in [0.2, 0.25) is 6.08 Å². The Kier molecular flexibility index (Phi) is 3.27. The van der Waals surface area contributed by atoms with E-state index in [0.29, 0.717) is 5.56 Å². The zero-order valence-electron chi connectivity index (χ0n) is 7.88. The molecule has 0 aliphatic carbocycles. The number of aliphatic imine (C=N–C) groups is 1. The number of carbonyl (C=O) groups excluding carboxylic acids is 1. The van der Waals surface area contributed by atoms with Crippen molar-refractivity contribution in [1.82, 2.24) is 0 Å². The van der Waals surface area contributed by atoms with Crippen molar-refractivity contribution in [2.24, 2.45) is 4.99 Å². The van der Waals surface area contributed by atoms with Gasteiger partial charge < -0.3 is 0 Å². The molecule has 1 unspecified atom stereocenters. The van der Waals surface area contributed by atoms with Crippen LogP contribution >= 0.6 is 0 Å². The van der Waals surface area contributed by atoms with Gasteiger partial charge in [-0.05, 0) is 18.1 Å². The molecule has 5 heteroatoms. The van der Waals surface area contributed by atoms with Gasteiger partial charge in [-0.1, -0.05) is 24.3 Å². The van der Waals surface area contributed by atoms with Gasteiger partial charge in [0.15, 0.2) is 6.04 Å². The van der Waals surface area contributed by atoms with Gasteiger partial charge in [-0.3, -0.25) is 0 Å². The van der Waals surface area contributed by atoms with Crippen molar-refractivity contribution in [3.63, 3.8) is 0 Å². The van der Waals surface area contributed by atoms with E-state index in [9.17, 15) is 18.0 Å². The highest BCUT2D eigenvalue weighted by Crippen LogP contribution is 2.36. The lowest BCUT2D eigenvalue weighted by Crippen LogP contribution is -2.19. The fourth-order valence-electron chi connectivity index (χ4n) is 1.27. The van der Waals surface area contributed by atoms with E-state index in [1.54, 1.807) is 6.07 Å². The molecule has 0 aromatic heterocycles. The third-order valence-corrected chi connectivity index (χ3v) is 1.97. The van der Waals surface area contributed by atoms with Gasteiger partial charge in [-0.25, -0.2) is 4.79 Å². The molecule has 0 spiro atoms. The summed E-state index contributed by atoms with van der Waals surface area (Å²) in [5, 5.41) is 0. The Labute approximate surface area is 84.4 Å². The van der Waals surface area contributed by atoms with Crippen LogP contribution in [0.25, 0.3) is 0 Å². The summed E-state index contributed by atoms with van der Waals surface area (Å²) in [6.45, 7) is 1.54. The van der Waals surface area contributed by atoms with Gasteiger partial charge in [0.25, 0.3) is 0 Å². The molecule has 0 heterocycles. The average Bonchev–Trinajstić information content (AvgIpc) is 2.14. The van der Waals surface area contributed by atoms with Crippen molar-refractivity contribution in [2.45, 2.75) is 19.1 Å². The maximum absolute atomic E-state index is 12.5.